The van der Waals surface area contributed by atoms with E-state index < -0.39 is 12.1 Å². The van der Waals surface area contributed by atoms with Gasteiger partial charge < -0.3 is 20.1 Å². The highest BCUT2D eigenvalue weighted by molar-refractivity contribution is 5.79. The van der Waals surface area contributed by atoms with E-state index in [9.17, 15) is 19.5 Å². The van der Waals surface area contributed by atoms with E-state index in [2.05, 4.69) is 29.6 Å². The summed E-state index contributed by atoms with van der Waals surface area (Å²) >= 11 is 0. The number of carboxylic acids is 1. The number of alkyl carbamates (subject to hydrolysis) is 1. The van der Waals surface area contributed by atoms with E-state index >= 15 is 0 Å². The van der Waals surface area contributed by atoms with Crippen LogP contribution in [0, 0.1) is 5.92 Å². The zero-order valence-corrected chi connectivity index (χ0v) is 23.3. The van der Waals surface area contributed by atoms with Crippen LogP contribution >= 0.6 is 0 Å². The molecule has 2 unspecified atom stereocenters. The molecule has 214 valence electrons. The molecule has 0 radical (unpaired) electrons. The Hall–Kier alpha value is -4.13. The molecule has 0 spiro atoms. The van der Waals surface area contributed by atoms with Gasteiger partial charge in [-0.25, -0.2) is 4.79 Å². The molecule has 2 amide bonds. The van der Waals surface area contributed by atoms with Crippen molar-refractivity contribution >= 4 is 18.0 Å². The minimum Gasteiger partial charge on any atom is -0.481 e. The molecule has 2 atom stereocenters. The topological polar surface area (TPSA) is 95.9 Å². The molecule has 1 saturated carbocycles. The highest BCUT2D eigenvalue weighted by Crippen LogP contribution is 2.44. The van der Waals surface area contributed by atoms with E-state index in [0.717, 1.165) is 31.2 Å². The fourth-order valence-corrected chi connectivity index (χ4v) is 6.33. The lowest BCUT2D eigenvalue weighted by Crippen LogP contribution is -2.43. The predicted octanol–water partition coefficient (Wildman–Crippen LogP) is 6.37. The number of carbonyl (C=O) groups excluding carboxylic acids is 2. The summed E-state index contributed by atoms with van der Waals surface area (Å²) in [5, 5.41) is 12.3. The summed E-state index contributed by atoms with van der Waals surface area (Å²) in [4.78, 5) is 39.0. The van der Waals surface area contributed by atoms with Crippen LogP contribution in [-0.4, -0.2) is 47.2 Å². The average molecular weight is 555 g/mol. The molecule has 0 heterocycles. The van der Waals surface area contributed by atoms with E-state index in [1.807, 2.05) is 54.6 Å². The van der Waals surface area contributed by atoms with Crippen LogP contribution in [0.15, 0.2) is 78.9 Å². The molecule has 0 bridgehead atoms. The SMILES string of the molecule is O=C(O)CCN(Cc1ccccc1)C(=O)CCC1CCCCC1NC(=O)OCC1c2ccccc2-c2ccccc21. The number of nitrogens with one attached hydrogen (secondary N) is 1. The molecule has 2 aliphatic carbocycles. The van der Waals surface area contributed by atoms with Crippen LogP contribution in [0.2, 0.25) is 0 Å². The van der Waals surface area contributed by atoms with Crippen molar-refractivity contribution in [2.75, 3.05) is 13.2 Å². The summed E-state index contributed by atoms with van der Waals surface area (Å²) in [6, 6.07) is 26.1. The lowest BCUT2D eigenvalue weighted by Gasteiger charge is -2.32. The van der Waals surface area contributed by atoms with Crippen LogP contribution in [0.25, 0.3) is 11.1 Å². The standard InChI is InChI=1S/C34H38N2O5/c37-32(36(21-20-33(38)39)22-24-10-2-1-3-11-24)19-18-25-12-4-9-17-31(25)35-34(40)41-23-30-28-15-7-5-13-26(28)27-14-6-8-16-29(27)30/h1-3,5-8,10-11,13-16,25,30-31H,4,9,12,17-23H2,(H,35,40)(H,38,39). The number of ether oxygens (including phenoxy) is 1. The van der Waals surface area contributed by atoms with Crippen molar-refractivity contribution in [1.29, 1.82) is 0 Å². The van der Waals surface area contributed by atoms with E-state index in [-0.39, 0.29) is 43.4 Å². The van der Waals surface area contributed by atoms with Gasteiger partial charge in [0.2, 0.25) is 5.91 Å². The summed E-state index contributed by atoms with van der Waals surface area (Å²) in [5.74, 6) is -0.795. The van der Waals surface area contributed by atoms with Crippen molar-refractivity contribution in [2.24, 2.45) is 5.92 Å². The first kappa shape index (κ1) is 28.4. The number of amides is 2. The van der Waals surface area contributed by atoms with Gasteiger partial charge in [0, 0.05) is 31.5 Å². The van der Waals surface area contributed by atoms with E-state index in [1.165, 1.54) is 22.3 Å². The Labute approximate surface area is 241 Å². The third-order valence-corrected chi connectivity index (χ3v) is 8.45. The molecule has 5 rings (SSSR count). The van der Waals surface area contributed by atoms with Gasteiger partial charge in [-0.3, -0.25) is 9.59 Å². The molecule has 7 heteroatoms. The Balaban J connectivity index is 1.16. The maximum atomic E-state index is 13.2. The van der Waals surface area contributed by atoms with Crippen molar-refractivity contribution in [3.8, 4) is 11.1 Å². The van der Waals surface area contributed by atoms with Gasteiger partial charge in [0.25, 0.3) is 0 Å². The number of aliphatic carboxylic acids is 1. The molecule has 3 aromatic rings. The minimum atomic E-state index is -0.921. The monoisotopic (exact) mass is 554 g/mol. The second kappa shape index (κ2) is 13.5. The zero-order chi connectivity index (χ0) is 28.6. The number of carbonyl (C=O) groups is 3. The van der Waals surface area contributed by atoms with Crippen molar-refractivity contribution in [2.45, 2.75) is 63.5 Å². The van der Waals surface area contributed by atoms with E-state index in [1.54, 1.807) is 4.90 Å². The first-order valence-electron chi connectivity index (χ1n) is 14.6. The number of benzene rings is 3. The molecule has 7 nitrogen and oxygen atoms in total. The molecule has 0 aromatic heterocycles. The third kappa shape index (κ3) is 7.15. The fourth-order valence-electron chi connectivity index (χ4n) is 6.33. The predicted molar refractivity (Wildman–Crippen MR) is 157 cm³/mol. The fraction of sp³-hybridized carbons (Fsp3) is 0.382. The number of carboxylic acid groups (broad SMARTS) is 1. The first-order valence-corrected chi connectivity index (χ1v) is 14.6. The Kier molecular flexibility index (Phi) is 9.34. The molecule has 41 heavy (non-hydrogen) atoms. The highest BCUT2D eigenvalue weighted by Gasteiger charge is 2.31. The third-order valence-electron chi connectivity index (χ3n) is 8.45. The molecule has 2 N–H and O–H groups in total. The minimum absolute atomic E-state index is 0.00863. The molecule has 1 fully saturated rings. The van der Waals surface area contributed by atoms with Gasteiger partial charge in [0.15, 0.2) is 0 Å². The lowest BCUT2D eigenvalue weighted by molar-refractivity contribution is -0.138. The first-order chi connectivity index (χ1) is 20.0. The largest absolute Gasteiger partial charge is 0.481 e. The summed E-state index contributed by atoms with van der Waals surface area (Å²) < 4.78 is 5.79. The van der Waals surface area contributed by atoms with Crippen molar-refractivity contribution in [1.82, 2.24) is 10.2 Å². The molecular formula is C34H38N2O5. The zero-order valence-electron chi connectivity index (χ0n) is 23.3. The van der Waals surface area contributed by atoms with Crippen molar-refractivity contribution < 1.29 is 24.2 Å². The van der Waals surface area contributed by atoms with Gasteiger partial charge in [0.1, 0.15) is 6.61 Å². The summed E-state index contributed by atoms with van der Waals surface area (Å²) in [6.07, 6.45) is 4.35. The Morgan fingerprint density at radius 2 is 1.46 bits per heavy atom. The number of fused-ring (bicyclic) bond motifs is 3. The number of hydrogen-bond donors (Lipinski definition) is 2. The molecule has 0 saturated heterocycles. The Morgan fingerprint density at radius 3 is 2.15 bits per heavy atom. The normalized spacial score (nSPS) is 17.8. The quantitative estimate of drug-likeness (QED) is 0.287. The Bertz CT molecular complexity index is 1310. The van der Waals surface area contributed by atoms with Gasteiger partial charge in [-0.1, -0.05) is 91.7 Å². The molecular weight excluding hydrogens is 516 g/mol. The highest BCUT2D eigenvalue weighted by atomic mass is 16.5. The molecule has 2 aliphatic rings. The van der Waals surface area contributed by atoms with E-state index in [4.69, 9.17) is 4.74 Å². The second-order valence-electron chi connectivity index (χ2n) is 11.1. The summed E-state index contributed by atoms with van der Waals surface area (Å²) in [7, 11) is 0. The number of rotatable bonds is 11. The maximum absolute atomic E-state index is 13.2. The van der Waals surface area contributed by atoms with Gasteiger partial charge in [0.05, 0.1) is 6.42 Å². The summed E-state index contributed by atoms with van der Waals surface area (Å²) in [5.41, 5.74) is 5.72. The van der Waals surface area contributed by atoms with Crippen LogP contribution < -0.4 is 5.32 Å². The van der Waals surface area contributed by atoms with Gasteiger partial charge in [-0.2, -0.15) is 0 Å². The van der Waals surface area contributed by atoms with Crippen LogP contribution in [0.3, 0.4) is 0 Å². The van der Waals surface area contributed by atoms with Crippen LogP contribution in [-0.2, 0) is 20.9 Å². The smallest absolute Gasteiger partial charge is 0.407 e. The van der Waals surface area contributed by atoms with Gasteiger partial charge >= 0.3 is 12.1 Å². The average Bonchev–Trinajstić information content (AvgIpc) is 3.31. The van der Waals surface area contributed by atoms with Gasteiger partial charge in [-0.15, -0.1) is 0 Å². The lowest BCUT2D eigenvalue weighted by atomic mass is 9.81. The number of nitrogens with zero attached hydrogens (tertiary/aromatic N) is 1. The Morgan fingerprint density at radius 1 is 0.829 bits per heavy atom. The number of hydrogen-bond acceptors (Lipinski definition) is 4. The molecule has 0 aliphatic heterocycles. The molecule has 3 aromatic carbocycles. The van der Waals surface area contributed by atoms with Crippen molar-refractivity contribution in [3.63, 3.8) is 0 Å². The van der Waals surface area contributed by atoms with Crippen LogP contribution in [0.4, 0.5) is 4.79 Å². The maximum Gasteiger partial charge on any atom is 0.407 e. The second-order valence-corrected chi connectivity index (χ2v) is 11.1. The summed E-state index contributed by atoms with van der Waals surface area (Å²) in [6.45, 7) is 0.835. The van der Waals surface area contributed by atoms with Crippen LogP contribution in [0.5, 0.6) is 0 Å². The van der Waals surface area contributed by atoms with E-state index in [0.29, 0.717) is 19.4 Å². The van der Waals surface area contributed by atoms with Gasteiger partial charge in [-0.05, 0) is 53.0 Å². The van der Waals surface area contributed by atoms with Crippen LogP contribution in [0.1, 0.15) is 67.6 Å². The van der Waals surface area contributed by atoms with Crippen molar-refractivity contribution in [3.05, 3.63) is 95.6 Å².